The van der Waals surface area contributed by atoms with Gasteiger partial charge in [-0.2, -0.15) is 0 Å². The summed E-state index contributed by atoms with van der Waals surface area (Å²) in [7, 11) is 8.41. The van der Waals surface area contributed by atoms with Gasteiger partial charge in [0, 0.05) is 81.6 Å². The molecule has 0 radical (unpaired) electrons. The number of ether oxygens (including phenoxy) is 2. The maximum atomic E-state index is 13.2. The molecule has 3 N–H and O–H groups in total. The summed E-state index contributed by atoms with van der Waals surface area (Å²) in [6, 6.07) is 12.3. The van der Waals surface area contributed by atoms with Crippen LogP contribution in [0.2, 0.25) is 10.0 Å². The van der Waals surface area contributed by atoms with E-state index in [9.17, 15) is 9.59 Å². The van der Waals surface area contributed by atoms with E-state index in [1.807, 2.05) is 34.8 Å². The Hall–Kier alpha value is -5.83. The fourth-order valence-corrected chi connectivity index (χ4v) is 5.90. The Kier molecular flexibility index (Phi) is 12.7. The highest BCUT2D eigenvalue weighted by molar-refractivity contribution is 6.41. The van der Waals surface area contributed by atoms with Crippen molar-refractivity contribution >= 4 is 57.7 Å². The van der Waals surface area contributed by atoms with Crippen LogP contribution in [0.5, 0.6) is 11.5 Å². The van der Waals surface area contributed by atoms with Gasteiger partial charge in [-0.3, -0.25) is 24.5 Å². The van der Waals surface area contributed by atoms with Gasteiger partial charge in [-0.05, 0) is 36.4 Å². The van der Waals surface area contributed by atoms with Crippen molar-refractivity contribution in [2.45, 2.75) is 13.1 Å². The van der Waals surface area contributed by atoms with E-state index in [-0.39, 0.29) is 21.9 Å². The molecule has 4 aromatic heterocycles. The fraction of sp³-hybridized carbons (Fsp3) is 0.216. The number of nitrogens with zero attached hydrogens (tertiary/aromatic N) is 8. The first-order chi connectivity index (χ1) is 25.5. The lowest BCUT2D eigenvalue weighted by Crippen LogP contribution is -2.34. The Morgan fingerprint density at radius 1 is 0.849 bits per heavy atom. The summed E-state index contributed by atoms with van der Waals surface area (Å²) >= 11 is 13.3. The molecular weight excluding hydrogens is 719 g/mol. The lowest BCUT2D eigenvalue weighted by molar-refractivity contribution is -0.129. The molecule has 0 saturated carbocycles. The maximum absolute atomic E-state index is 13.2. The van der Waals surface area contributed by atoms with Gasteiger partial charge in [0.15, 0.2) is 0 Å². The van der Waals surface area contributed by atoms with E-state index < -0.39 is 0 Å². The highest BCUT2D eigenvalue weighted by Gasteiger charge is 2.23. The van der Waals surface area contributed by atoms with Gasteiger partial charge in [-0.15, -0.1) is 0 Å². The number of rotatable bonds is 11. The van der Waals surface area contributed by atoms with Crippen LogP contribution in [-0.2, 0) is 17.9 Å². The Morgan fingerprint density at radius 3 is 2.11 bits per heavy atom. The van der Waals surface area contributed by atoms with Crippen molar-refractivity contribution in [3.05, 3.63) is 113 Å². The van der Waals surface area contributed by atoms with Gasteiger partial charge < -0.3 is 30.0 Å². The number of anilines is 2. The maximum Gasteiger partial charge on any atom is 0.259 e. The second-order valence-electron chi connectivity index (χ2n) is 12.0. The number of fused-ring (bicyclic) bond motifs is 1. The zero-order valence-corrected chi connectivity index (χ0v) is 31.3. The van der Waals surface area contributed by atoms with Crippen LogP contribution in [0.1, 0.15) is 21.5 Å². The van der Waals surface area contributed by atoms with Gasteiger partial charge in [0.2, 0.25) is 5.91 Å². The standard InChI is InChI=1S/C26H20Cl2N6O3.C11H18N4O/c1-36-18-11-19(37-2)23(28)21(22(18)27)16-4-5-17(25-24(16)30-7-8-31-25)26(35)33-20-6-3-15(12-32-20)13-34-10-9-29-14-34;1-14(2)11(16)8-15(3)7-9-4-5-10(12)13-6-9/h3-12,14H,13H2,1-2H3,(H,32,33,35);4-6H,7-8H2,1-3H3,(H2,12,13). The monoisotopic (exact) mass is 756 g/mol. The third-order valence-corrected chi connectivity index (χ3v) is 8.66. The number of pyridine rings is 2. The quantitative estimate of drug-likeness (QED) is 0.167. The minimum atomic E-state index is -0.382. The molecule has 0 unspecified atom stereocenters. The molecule has 6 rings (SSSR count). The fourth-order valence-electron chi connectivity index (χ4n) is 5.20. The molecule has 14 nitrogen and oxygen atoms in total. The number of imidazole rings is 1. The highest BCUT2D eigenvalue weighted by atomic mass is 35.5. The molecule has 0 fully saturated rings. The van der Waals surface area contributed by atoms with E-state index in [2.05, 4.69) is 30.2 Å². The van der Waals surface area contributed by atoms with Crippen molar-refractivity contribution in [3.8, 4) is 22.6 Å². The summed E-state index contributed by atoms with van der Waals surface area (Å²) < 4.78 is 12.7. The van der Waals surface area contributed by atoms with Gasteiger partial charge in [0.25, 0.3) is 5.91 Å². The number of benzene rings is 2. The minimum Gasteiger partial charge on any atom is -0.495 e. The number of nitrogens with one attached hydrogen (secondary N) is 1. The molecule has 0 atom stereocenters. The number of carbonyl (C=O) groups excluding carboxylic acids is 2. The number of hydrogen-bond donors (Lipinski definition) is 2. The third-order valence-electron chi connectivity index (χ3n) is 7.91. The highest BCUT2D eigenvalue weighted by Crippen LogP contribution is 2.47. The van der Waals surface area contributed by atoms with Gasteiger partial charge in [0.05, 0.1) is 48.2 Å². The van der Waals surface area contributed by atoms with Crippen molar-refractivity contribution in [3.63, 3.8) is 0 Å². The average Bonchev–Trinajstić information content (AvgIpc) is 3.67. The molecule has 0 bridgehead atoms. The number of methoxy groups -OCH3 is 2. The number of amides is 2. The Balaban J connectivity index is 0.000000285. The largest absolute Gasteiger partial charge is 0.495 e. The summed E-state index contributed by atoms with van der Waals surface area (Å²) in [5.74, 6) is 1.40. The Bertz CT molecular complexity index is 2150. The van der Waals surface area contributed by atoms with E-state index in [0.29, 0.717) is 70.5 Å². The zero-order chi connectivity index (χ0) is 38.1. The molecule has 0 saturated heterocycles. The Morgan fingerprint density at radius 2 is 1.53 bits per heavy atom. The van der Waals surface area contributed by atoms with Crippen LogP contribution in [0.15, 0.2) is 86.0 Å². The third kappa shape index (κ3) is 9.54. The SMILES string of the molecule is CN(CC(=O)N(C)C)Cc1ccc(N)nc1.COc1cc(OC)c(Cl)c(-c2ccc(C(=O)Nc3ccc(Cn4ccnc4)cn3)c3nccnc23)c1Cl. The van der Waals surface area contributed by atoms with E-state index in [1.54, 1.807) is 74.2 Å². The molecule has 0 aliphatic rings. The number of hydrogen-bond acceptors (Lipinski definition) is 11. The van der Waals surface area contributed by atoms with E-state index in [4.69, 9.17) is 38.4 Å². The number of aromatic nitrogens is 6. The van der Waals surface area contributed by atoms with Gasteiger partial charge in [-0.25, -0.2) is 15.0 Å². The van der Waals surface area contributed by atoms with Gasteiger partial charge in [0.1, 0.15) is 28.7 Å². The number of nitrogen functional groups attached to an aromatic ring is 1. The van der Waals surface area contributed by atoms with Gasteiger partial charge in [-0.1, -0.05) is 41.4 Å². The van der Waals surface area contributed by atoms with Gasteiger partial charge >= 0.3 is 0 Å². The normalized spacial score (nSPS) is 10.8. The molecule has 0 spiro atoms. The summed E-state index contributed by atoms with van der Waals surface area (Å²) in [6.45, 7) is 1.72. The molecule has 6 aromatic rings. The summed E-state index contributed by atoms with van der Waals surface area (Å²) in [4.78, 5) is 49.5. The predicted molar refractivity (Wildman–Crippen MR) is 205 cm³/mol. The summed E-state index contributed by atoms with van der Waals surface area (Å²) in [5.41, 5.74) is 9.69. The second-order valence-corrected chi connectivity index (χ2v) is 12.7. The molecule has 16 heteroatoms. The van der Waals surface area contributed by atoms with Crippen LogP contribution < -0.4 is 20.5 Å². The van der Waals surface area contributed by atoms with Crippen molar-refractivity contribution in [2.75, 3.05) is 53.0 Å². The van der Waals surface area contributed by atoms with E-state index in [0.717, 1.165) is 11.1 Å². The van der Waals surface area contributed by atoms with E-state index >= 15 is 0 Å². The van der Waals surface area contributed by atoms with Crippen LogP contribution >= 0.6 is 23.2 Å². The molecule has 2 amide bonds. The van der Waals surface area contributed by atoms with Crippen LogP contribution in [0, 0.1) is 0 Å². The second kappa shape index (κ2) is 17.6. The molecule has 0 aliphatic heterocycles. The average molecular weight is 758 g/mol. The smallest absolute Gasteiger partial charge is 0.259 e. The predicted octanol–water partition coefficient (Wildman–Crippen LogP) is 5.70. The zero-order valence-electron chi connectivity index (χ0n) is 29.7. The van der Waals surface area contributed by atoms with Crippen LogP contribution in [-0.4, -0.2) is 93.0 Å². The lowest BCUT2D eigenvalue weighted by Gasteiger charge is -2.18. The molecule has 2 aromatic carbocycles. The first-order valence-electron chi connectivity index (χ1n) is 16.1. The molecule has 4 heterocycles. The van der Waals surface area contributed by atoms with Crippen molar-refractivity contribution in [1.82, 2.24) is 39.3 Å². The molecule has 0 aliphatic carbocycles. The van der Waals surface area contributed by atoms with Crippen LogP contribution in [0.4, 0.5) is 11.6 Å². The number of likely N-dealkylation sites (N-methyl/N-ethyl adjacent to an activating group) is 2. The first kappa shape index (κ1) is 38.4. The van der Waals surface area contributed by atoms with Crippen LogP contribution in [0.3, 0.4) is 0 Å². The first-order valence-corrected chi connectivity index (χ1v) is 16.9. The van der Waals surface area contributed by atoms with Crippen molar-refractivity contribution < 1.29 is 19.1 Å². The Labute approximate surface area is 316 Å². The summed E-state index contributed by atoms with van der Waals surface area (Å²) in [6.07, 6.45) is 11.8. The molecule has 53 heavy (non-hydrogen) atoms. The topological polar surface area (TPSA) is 167 Å². The van der Waals surface area contributed by atoms with Crippen molar-refractivity contribution in [1.29, 1.82) is 0 Å². The minimum absolute atomic E-state index is 0.0888. The van der Waals surface area contributed by atoms with E-state index in [1.165, 1.54) is 26.6 Å². The van der Waals surface area contributed by atoms with Crippen LogP contribution in [0.25, 0.3) is 22.2 Å². The number of carbonyl (C=O) groups is 2. The molecular formula is C37H38Cl2N10O4. The summed E-state index contributed by atoms with van der Waals surface area (Å²) in [5, 5.41) is 3.40. The number of halogens is 2. The lowest BCUT2D eigenvalue weighted by atomic mass is 9.99. The van der Waals surface area contributed by atoms with Crippen molar-refractivity contribution in [2.24, 2.45) is 0 Å². The number of nitrogens with two attached hydrogens (primary N) is 1. The molecule has 274 valence electrons.